The Morgan fingerprint density at radius 1 is 1.22 bits per heavy atom. The molecule has 7 N–H and O–H groups in total. The van der Waals surface area contributed by atoms with Gasteiger partial charge in [0.05, 0.1) is 11.7 Å². The summed E-state index contributed by atoms with van der Waals surface area (Å²) in [5.41, 5.74) is 1.68. The van der Waals surface area contributed by atoms with Gasteiger partial charge in [0.1, 0.15) is 22.8 Å². The molecule has 0 spiro atoms. The predicted molar refractivity (Wildman–Crippen MR) is 134 cm³/mol. The summed E-state index contributed by atoms with van der Waals surface area (Å²) in [6, 6.07) is 3.51. The SMILES string of the molecule is C[C@H]1c2ccc(C(C)(C)CCCBr)c(O)c2C(O)=C2C(=O)[C@]3(O)C(O)=C(C(N)=O)C(=O)C[C@@H]3[C@@H](O)[C@@H]21. The maximum Gasteiger partial charge on any atom is 0.255 e. The van der Waals surface area contributed by atoms with Crippen molar-refractivity contribution in [2.75, 3.05) is 5.33 Å². The Morgan fingerprint density at radius 2 is 1.86 bits per heavy atom. The highest BCUT2D eigenvalue weighted by Crippen LogP contribution is 2.56. The van der Waals surface area contributed by atoms with Crippen LogP contribution in [0.5, 0.6) is 5.75 Å². The summed E-state index contributed by atoms with van der Waals surface area (Å²) in [5.74, 6) is -8.51. The highest BCUT2D eigenvalue weighted by molar-refractivity contribution is 9.09. The van der Waals surface area contributed by atoms with E-state index >= 15 is 0 Å². The van der Waals surface area contributed by atoms with Gasteiger partial charge in [-0.3, -0.25) is 14.4 Å². The second-order valence-electron chi connectivity index (χ2n) is 10.6. The minimum atomic E-state index is -2.84. The molecule has 0 radical (unpaired) electrons. The fraction of sp³-hybridized carbons (Fsp3) is 0.500. The predicted octanol–water partition coefficient (Wildman–Crippen LogP) is 2.41. The van der Waals surface area contributed by atoms with Crippen LogP contribution in [0.4, 0.5) is 0 Å². The molecule has 1 saturated carbocycles. The highest BCUT2D eigenvalue weighted by atomic mass is 79.9. The molecule has 0 unspecified atom stereocenters. The maximum atomic E-state index is 13.7. The molecule has 3 aliphatic rings. The molecular weight excluding hydrogens is 534 g/mol. The first-order valence-corrected chi connectivity index (χ1v) is 12.9. The number of aliphatic hydroxyl groups is 4. The lowest BCUT2D eigenvalue weighted by Crippen LogP contribution is -2.63. The van der Waals surface area contributed by atoms with Gasteiger partial charge in [-0.25, -0.2) is 0 Å². The van der Waals surface area contributed by atoms with Crippen molar-refractivity contribution < 1.29 is 39.9 Å². The normalized spacial score (nSPS) is 30.2. The molecule has 1 amide bonds. The van der Waals surface area contributed by atoms with Crippen LogP contribution >= 0.6 is 15.9 Å². The maximum absolute atomic E-state index is 13.7. The summed E-state index contributed by atoms with van der Waals surface area (Å²) in [6.45, 7) is 5.61. The van der Waals surface area contributed by atoms with E-state index in [0.29, 0.717) is 11.1 Å². The van der Waals surface area contributed by atoms with Gasteiger partial charge in [-0.2, -0.15) is 0 Å². The summed E-state index contributed by atoms with van der Waals surface area (Å²) < 4.78 is 0. The molecule has 1 aromatic carbocycles. The minimum absolute atomic E-state index is 0.0197. The number of fused-ring (bicyclic) bond motifs is 3. The van der Waals surface area contributed by atoms with Crippen LogP contribution in [0.3, 0.4) is 0 Å². The number of Topliss-reactive ketones (excluding diaryl/α,β-unsaturated/α-hetero) is 2. The molecule has 0 aliphatic heterocycles. The van der Waals surface area contributed by atoms with Gasteiger partial charge >= 0.3 is 0 Å². The van der Waals surface area contributed by atoms with Crippen molar-refractivity contribution in [3.05, 3.63) is 45.7 Å². The van der Waals surface area contributed by atoms with Crippen molar-refractivity contribution in [1.82, 2.24) is 0 Å². The molecule has 0 bridgehead atoms. The van der Waals surface area contributed by atoms with E-state index in [0.717, 1.165) is 18.2 Å². The number of benzene rings is 1. The van der Waals surface area contributed by atoms with E-state index in [2.05, 4.69) is 15.9 Å². The quantitative estimate of drug-likeness (QED) is 0.233. The molecule has 36 heavy (non-hydrogen) atoms. The topological polar surface area (TPSA) is 178 Å². The smallest absolute Gasteiger partial charge is 0.255 e. The molecule has 1 fully saturated rings. The first-order chi connectivity index (χ1) is 16.7. The number of alkyl halides is 1. The molecule has 5 atom stereocenters. The lowest BCUT2D eigenvalue weighted by atomic mass is 9.55. The lowest BCUT2D eigenvalue weighted by molar-refractivity contribution is -0.160. The Bertz CT molecular complexity index is 1250. The van der Waals surface area contributed by atoms with E-state index in [1.165, 1.54) is 0 Å². The van der Waals surface area contributed by atoms with Gasteiger partial charge in [-0.15, -0.1) is 0 Å². The number of primary amides is 1. The summed E-state index contributed by atoms with van der Waals surface area (Å²) in [4.78, 5) is 38.0. The number of hydrogen-bond donors (Lipinski definition) is 6. The van der Waals surface area contributed by atoms with Crippen LogP contribution in [0.2, 0.25) is 0 Å². The van der Waals surface area contributed by atoms with Crippen LogP contribution in [-0.4, -0.2) is 60.0 Å². The summed E-state index contributed by atoms with van der Waals surface area (Å²) in [6.07, 6.45) is -0.574. The first kappa shape index (κ1) is 26.4. The zero-order valence-electron chi connectivity index (χ0n) is 20.2. The zero-order valence-corrected chi connectivity index (χ0v) is 21.8. The van der Waals surface area contributed by atoms with Crippen LogP contribution in [0.25, 0.3) is 5.76 Å². The van der Waals surface area contributed by atoms with E-state index in [9.17, 15) is 39.9 Å². The van der Waals surface area contributed by atoms with E-state index < -0.39 is 75.9 Å². The lowest BCUT2D eigenvalue weighted by Gasteiger charge is -2.50. The zero-order chi connectivity index (χ0) is 26.9. The summed E-state index contributed by atoms with van der Waals surface area (Å²) in [5, 5.41) is 56.8. The van der Waals surface area contributed by atoms with E-state index in [1.807, 2.05) is 13.8 Å². The number of carbonyl (C=O) groups excluding carboxylic acids is 3. The number of phenolic OH excluding ortho intramolecular Hbond substituents is 1. The number of amides is 1. The number of aromatic hydroxyl groups is 1. The number of aliphatic hydroxyl groups excluding tert-OH is 3. The summed E-state index contributed by atoms with van der Waals surface area (Å²) >= 11 is 3.41. The second kappa shape index (κ2) is 8.71. The monoisotopic (exact) mass is 563 g/mol. The fourth-order valence-corrected chi connectivity index (χ4v) is 6.47. The number of halogens is 1. The molecule has 9 nitrogen and oxygen atoms in total. The average Bonchev–Trinajstić information content (AvgIpc) is 2.80. The molecule has 0 aromatic heterocycles. The van der Waals surface area contributed by atoms with E-state index in [4.69, 9.17) is 5.73 Å². The number of ketones is 2. The molecule has 10 heteroatoms. The number of nitrogens with two attached hydrogens (primary N) is 1. The van der Waals surface area contributed by atoms with Gasteiger partial charge < -0.3 is 31.3 Å². The van der Waals surface area contributed by atoms with Crippen molar-refractivity contribution in [3.8, 4) is 5.75 Å². The van der Waals surface area contributed by atoms with E-state index in [-0.39, 0.29) is 16.9 Å². The Labute approximate surface area is 216 Å². The molecule has 4 rings (SSSR count). The van der Waals surface area contributed by atoms with Crippen LogP contribution in [0.1, 0.15) is 62.6 Å². The molecule has 0 saturated heterocycles. The first-order valence-electron chi connectivity index (χ1n) is 11.8. The standard InChI is InChI=1S/C26H30BrNO8/c1-10-11-5-6-12(25(2,3)7-4-8-27)19(30)16(11)21(32)18-15(10)20(31)13-9-14(29)17(24(28)35)22(33)26(13,36)23(18)34/h5-6,10,13,15,20,30-33,36H,4,7-9H2,1-3H3,(H2,28,35)/t10-,13+,15+,20+,26+/m0/s1. The fourth-order valence-electron chi connectivity index (χ4n) is 6.19. The number of phenols is 1. The molecule has 194 valence electrons. The van der Waals surface area contributed by atoms with Crippen LogP contribution in [-0.2, 0) is 19.8 Å². The molecule has 0 heterocycles. The van der Waals surface area contributed by atoms with Crippen molar-refractivity contribution in [2.45, 2.75) is 63.1 Å². The molecule has 1 aromatic rings. The Morgan fingerprint density at radius 3 is 2.44 bits per heavy atom. The van der Waals surface area contributed by atoms with Crippen LogP contribution in [0, 0.1) is 11.8 Å². The van der Waals surface area contributed by atoms with E-state index in [1.54, 1.807) is 19.1 Å². The van der Waals surface area contributed by atoms with Gasteiger partial charge in [-0.1, -0.05) is 48.8 Å². The third-order valence-electron chi connectivity index (χ3n) is 8.17. The Balaban J connectivity index is 1.96. The highest BCUT2D eigenvalue weighted by Gasteiger charge is 2.64. The number of rotatable bonds is 5. The van der Waals surface area contributed by atoms with Crippen LogP contribution in [0.15, 0.2) is 29.0 Å². The van der Waals surface area contributed by atoms with Gasteiger partial charge in [0.2, 0.25) is 5.78 Å². The number of hydrogen-bond acceptors (Lipinski definition) is 8. The largest absolute Gasteiger partial charge is 0.508 e. The van der Waals surface area contributed by atoms with Gasteiger partial charge in [0, 0.05) is 34.7 Å². The molecule has 3 aliphatic carbocycles. The summed E-state index contributed by atoms with van der Waals surface area (Å²) in [7, 11) is 0. The number of carbonyl (C=O) groups is 3. The van der Waals surface area contributed by atoms with Gasteiger partial charge in [0.25, 0.3) is 5.91 Å². The van der Waals surface area contributed by atoms with Crippen molar-refractivity contribution in [2.24, 2.45) is 17.6 Å². The van der Waals surface area contributed by atoms with Gasteiger partial charge in [0.15, 0.2) is 11.4 Å². The Kier molecular flexibility index (Phi) is 6.38. The third-order valence-corrected chi connectivity index (χ3v) is 8.73. The molecular formula is C26H30BrNO8. The van der Waals surface area contributed by atoms with Gasteiger partial charge in [-0.05, 0) is 29.7 Å². The Hall–Kier alpha value is -2.69. The third kappa shape index (κ3) is 3.45. The van der Waals surface area contributed by atoms with Crippen molar-refractivity contribution in [3.63, 3.8) is 0 Å². The van der Waals surface area contributed by atoms with Crippen LogP contribution < -0.4 is 5.73 Å². The van der Waals surface area contributed by atoms with Crippen molar-refractivity contribution in [1.29, 1.82) is 0 Å². The van der Waals surface area contributed by atoms with Crippen molar-refractivity contribution >= 4 is 39.2 Å². The second-order valence-corrected chi connectivity index (χ2v) is 11.4. The minimum Gasteiger partial charge on any atom is -0.508 e. The average molecular weight is 564 g/mol.